The molecule has 0 aliphatic rings. The highest BCUT2D eigenvalue weighted by atomic mass is 35.5. The standard InChI is InChI=1S/C14H19ClO3S/c1-8-5-9(7-19-13(18)12(15)17)6-10(11(8)16)14(2,3)4/h5-6,13,16,18H,7H2,1-4H3. The number of rotatable bonds is 4. The van der Waals surface area contributed by atoms with Crippen molar-refractivity contribution in [3.05, 3.63) is 28.8 Å². The van der Waals surface area contributed by atoms with Crippen molar-refractivity contribution in [2.75, 3.05) is 0 Å². The van der Waals surface area contributed by atoms with Gasteiger partial charge in [-0.2, -0.15) is 0 Å². The summed E-state index contributed by atoms with van der Waals surface area (Å²) in [5.74, 6) is 0.763. The highest BCUT2D eigenvalue weighted by Gasteiger charge is 2.20. The van der Waals surface area contributed by atoms with Gasteiger partial charge in [0.25, 0.3) is 5.24 Å². The third-order valence-corrected chi connectivity index (χ3v) is 4.14. The van der Waals surface area contributed by atoms with Gasteiger partial charge in [0.15, 0.2) is 5.44 Å². The third kappa shape index (κ3) is 4.41. The minimum atomic E-state index is -1.21. The predicted molar refractivity (Wildman–Crippen MR) is 79.7 cm³/mol. The Hall–Kier alpha value is -0.710. The molecule has 0 spiro atoms. The number of carbonyl (C=O) groups is 1. The normalized spacial score (nSPS) is 13.4. The SMILES string of the molecule is Cc1cc(CSC(O)C(=O)Cl)cc(C(C)(C)C)c1O. The van der Waals surface area contributed by atoms with E-state index in [9.17, 15) is 15.0 Å². The number of aliphatic hydroxyl groups is 1. The summed E-state index contributed by atoms with van der Waals surface area (Å²) in [6.07, 6.45) is 0. The molecule has 0 radical (unpaired) electrons. The molecular formula is C14H19ClO3S. The van der Waals surface area contributed by atoms with E-state index < -0.39 is 10.7 Å². The molecule has 0 saturated carbocycles. The van der Waals surface area contributed by atoms with Gasteiger partial charge >= 0.3 is 0 Å². The number of thioether (sulfide) groups is 1. The van der Waals surface area contributed by atoms with E-state index in [1.165, 1.54) is 0 Å². The van der Waals surface area contributed by atoms with Crippen LogP contribution in [0.25, 0.3) is 0 Å². The van der Waals surface area contributed by atoms with E-state index >= 15 is 0 Å². The number of hydrogen-bond acceptors (Lipinski definition) is 4. The van der Waals surface area contributed by atoms with Gasteiger partial charge < -0.3 is 10.2 Å². The minimum absolute atomic E-state index is 0.170. The van der Waals surface area contributed by atoms with E-state index in [2.05, 4.69) is 0 Å². The van der Waals surface area contributed by atoms with Gasteiger partial charge in [-0.3, -0.25) is 4.79 Å². The predicted octanol–water partition coefficient (Wildman–Crippen LogP) is 3.32. The van der Waals surface area contributed by atoms with Crippen molar-refractivity contribution >= 4 is 28.6 Å². The number of phenols is 1. The maximum Gasteiger partial charge on any atom is 0.260 e. The number of aliphatic hydroxyl groups excluding tert-OH is 1. The summed E-state index contributed by atoms with van der Waals surface area (Å²) in [6, 6.07) is 3.75. The zero-order valence-corrected chi connectivity index (χ0v) is 13.1. The van der Waals surface area contributed by atoms with Crippen LogP contribution in [0.2, 0.25) is 0 Å². The number of carbonyl (C=O) groups excluding carboxylic acids is 1. The molecule has 2 N–H and O–H groups in total. The van der Waals surface area contributed by atoms with E-state index in [0.29, 0.717) is 11.5 Å². The molecule has 1 unspecified atom stereocenters. The van der Waals surface area contributed by atoms with Crippen molar-refractivity contribution in [3.8, 4) is 5.75 Å². The molecule has 0 saturated heterocycles. The average molecular weight is 303 g/mol. The zero-order chi connectivity index (χ0) is 14.8. The Kier molecular flexibility index (Phi) is 5.30. The van der Waals surface area contributed by atoms with Crippen molar-refractivity contribution in [1.82, 2.24) is 0 Å². The van der Waals surface area contributed by atoms with Gasteiger partial charge in [0.05, 0.1) is 0 Å². The molecule has 106 valence electrons. The number of aryl methyl sites for hydroxylation is 1. The van der Waals surface area contributed by atoms with Crippen LogP contribution in [-0.2, 0) is 16.0 Å². The molecule has 5 heteroatoms. The van der Waals surface area contributed by atoms with Crippen LogP contribution in [-0.4, -0.2) is 20.9 Å². The Balaban J connectivity index is 2.98. The number of benzene rings is 1. The van der Waals surface area contributed by atoms with Crippen LogP contribution in [0.4, 0.5) is 0 Å². The highest BCUT2D eigenvalue weighted by molar-refractivity contribution is 7.99. The molecule has 0 aromatic heterocycles. The second-order valence-electron chi connectivity index (χ2n) is 5.53. The molecule has 19 heavy (non-hydrogen) atoms. The lowest BCUT2D eigenvalue weighted by atomic mass is 9.84. The molecule has 3 nitrogen and oxygen atoms in total. The van der Waals surface area contributed by atoms with Gasteiger partial charge in [-0.05, 0) is 40.6 Å². The first-order valence-corrected chi connectivity index (χ1v) is 7.37. The monoisotopic (exact) mass is 302 g/mol. The lowest BCUT2D eigenvalue weighted by Gasteiger charge is -2.22. The second kappa shape index (κ2) is 6.16. The topological polar surface area (TPSA) is 57.5 Å². The van der Waals surface area contributed by atoms with Crippen molar-refractivity contribution in [1.29, 1.82) is 0 Å². The summed E-state index contributed by atoms with van der Waals surface area (Å²) < 4.78 is 0. The lowest BCUT2D eigenvalue weighted by molar-refractivity contribution is -0.115. The van der Waals surface area contributed by atoms with Crippen LogP contribution in [0.3, 0.4) is 0 Å². The highest BCUT2D eigenvalue weighted by Crippen LogP contribution is 2.35. The average Bonchev–Trinajstić information content (AvgIpc) is 2.28. The molecule has 1 aromatic carbocycles. The van der Waals surface area contributed by atoms with Crippen LogP contribution >= 0.6 is 23.4 Å². The van der Waals surface area contributed by atoms with E-state index in [1.54, 1.807) is 0 Å². The first-order valence-electron chi connectivity index (χ1n) is 5.95. The van der Waals surface area contributed by atoms with Crippen molar-refractivity contribution in [3.63, 3.8) is 0 Å². The van der Waals surface area contributed by atoms with Crippen molar-refractivity contribution < 1.29 is 15.0 Å². The largest absolute Gasteiger partial charge is 0.507 e. The maximum absolute atomic E-state index is 10.8. The van der Waals surface area contributed by atoms with Gasteiger partial charge in [0, 0.05) is 5.75 Å². The Labute approximate surface area is 123 Å². The maximum atomic E-state index is 10.8. The van der Waals surface area contributed by atoms with Crippen LogP contribution in [0.5, 0.6) is 5.75 Å². The fourth-order valence-electron chi connectivity index (χ4n) is 1.75. The molecule has 0 bridgehead atoms. The Bertz CT molecular complexity index is 480. The summed E-state index contributed by atoms with van der Waals surface area (Å²) in [4.78, 5) is 10.8. The van der Waals surface area contributed by atoms with E-state index in [4.69, 9.17) is 11.6 Å². The Morgan fingerprint density at radius 3 is 2.47 bits per heavy atom. The number of hydrogen-bond donors (Lipinski definition) is 2. The molecule has 1 rings (SSSR count). The second-order valence-corrected chi connectivity index (χ2v) is 6.97. The first kappa shape index (κ1) is 16.3. The molecule has 1 atom stereocenters. The smallest absolute Gasteiger partial charge is 0.260 e. The fraction of sp³-hybridized carbons (Fsp3) is 0.500. The fourth-order valence-corrected chi connectivity index (χ4v) is 2.59. The van der Waals surface area contributed by atoms with Gasteiger partial charge in [-0.1, -0.05) is 32.9 Å². The summed E-state index contributed by atoms with van der Waals surface area (Å²) in [6.45, 7) is 7.91. The van der Waals surface area contributed by atoms with Crippen LogP contribution in [0.1, 0.15) is 37.5 Å². The molecule has 0 aliphatic carbocycles. The third-order valence-electron chi connectivity index (χ3n) is 2.77. The van der Waals surface area contributed by atoms with Gasteiger partial charge in [-0.25, -0.2) is 0 Å². The number of halogens is 1. The molecule has 1 aromatic rings. The van der Waals surface area contributed by atoms with E-state index in [1.807, 2.05) is 39.8 Å². The van der Waals surface area contributed by atoms with Crippen LogP contribution in [0.15, 0.2) is 12.1 Å². The van der Waals surface area contributed by atoms with Crippen LogP contribution in [0, 0.1) is 6.92 Å². The molecule has 0 aliphatic heterocycles. The summed E-state index contributed by atoms with van der Waals surface area (Å²) in [5.41, 5.74) is 1.21. The first-order chi connectivity index (χ1) is 8.62. The van der Waals surface area contributed by atoms with Gasteiger partial charge in [0.1, 0.15) is 5.75 Å². The minimum Gasteiger partial charge on any atom is -0.507 e. The lowest BCUT2D eigenvalue weighted by Crippen LogP contribution is -2.13. The van der Waals surface area contributed by atoms with Crippen molar-refractivity contribution in [2.24, 2.45) is 0 Å². The molecule has 0 heterocycles. The molecule has 0 amide bonds. The van der Waals surface area contributed by atoms with E-state index in [0.717, 1.165) is 28.5 Å². The number of phenolic OH excluding ortho intramolecular Hbond substituents is 1. The summed E-state index contributed by atoms with van der Waals surface area (Å²) in [7, 11) is 0. The van der Waals surface area contributed by atoms with Crippen LogP contribution < -0.4 is 0 Å². The van der Waals surface area contributed by atoms with Gasteiger partial charge in [-0.15, -0.1) is 11.8 Å². The van der Waals surface area contributed by atoms with Gasteiger partial charge in [0.2, 0.25) is 0 Å². The molecule has 0 fully saturated rings. The van der Waals surface area contributed by atoms with E-state index in [-0.39, 0.29) is 5.41 Å². The summed E-state index contributed by atoms with van der Waals surface area (Å²) >= 11 is 6.27. The Morgan fingerprint density at radius 1 is 1.42 bits per heavy atom. The quantitative estimate of drug-likeness (QED) is 0.662. The zero-order valence-electron chi connectivity index (χ0n) is 11.5. The molecular weight excluding hydrogens is 284 g/mol. The number of aromatic hydroxyl groups is 1. The Morgan fingerprint density at radius 2 is 2.00 bits per heavy atom. The van der Waals surface area contributed by atoms with Crippen molar-refractivity contribution in [2.45, 2.75) is 44.3 Å². The summed E-state index contributed by atoms with van der Waals surface area (Å²) in [5, 5.41) is 18.7.